The van der Waals surface area contributed by atoms with Crippen molar-refractivity contribution in [3.63, 3.8) is 0 Å². The van der Waals surface area contributed by atoms with Crippen LogP contribution >= 0.6 is 0 Å². The molecule has 0 spiro atoms. The van der Waals surface area contributed by atoms with Crippen molar-refractivity contribution < 1.29 is 33.4 Å². The van der Waals surface area contributed by atoms with Crippen LogP contribution in [0.2, 0.25) is 0 Å². The minimum absolute atomic E-state index is 0.0308. The van der Waals surface area contributed by atoms with E-state index < -0.39 is 30.5 Å². The SMILES string of the molecule is CC(C)OC(=O)c1ccc(NC(=O)COC(=O)CCCN2C(=O)CNC2=O)cc1. The van der Waals surface area contributed by atoms with Crippen LogP contribution in [0.3, 0.4) is 0 Å². The predicted molar refractivity (Wildman–Crippen MR) is 101 cm³/mol. The van der Waals surface area contributed by atoms with Gasteiger partial charge in [-0.1, -0.05) is 0 Å². The Morgan fingerprint density at radius 1 is 1.17 bits per heavy atom. The zero-order valence-electron chi connectivity index (χ0n) is 16.2. The first-order chi connectivity index (χ1) is 13.8. The van der Waals surface area contributed by atoms with Gasteiger partial charge in [0.15, 0.2) is 6.61 Å². The molecule has 29 heavy (non-hydrogen) atoms. The van der Waals surface area contributed by atoms with Gasteiger partial charge in [-0.25, -0.2) is 9.59 Å². The molecular weight excluding hydrogens is 382 g/mol. The number of nitrogens with one attached hydrogen (secondary N) is 2. The highest BCUT2D eigenvalue weighted by molar-refractivity contribution is 6.02. The van der Waals surface area contributed by atoms with Crippen LogP contribution in [0.4, 0.5) is 10.5 Å². The van der Waals surface area contributed by atoms with Gasteiger partial charge in [0.25, 0.3) is 5.91 Å². The summed E-state index contributed by atoms with van der Waals surface area (Å²) in [5.41, 5.74) is 0.791. The molecule has 0 aromatic heterocycles. The quantitative estimate of drug-likeness (QED) is 0.464. The predicted octanol–water partition coefficient (Wildman–Crippen LogP) is 1.07. The lowest BCUT2D eigenvalue weighted by Gasteiger charge is -2.11. The molecule has 0 radical (unpaired) electrons. The monoisotopic (exact) mass is 405 g/mol. The summed E-state index contributed by atoms with van der Waals surface area (Å²) in [4.78, 5) is 59.1. The molecule has 0 bridgehead atoms. The van der Waals surface area contributed by atoms with E-state index in [4.69, 9.17) is 9.47 Å². The van der Waals surface area contributed by atoms with Gasteiger partial charge >= 0.3 is 18.0 Å². The summed E-state index contributed by atoms with van der Waals surface area (Å²) in [6.07, 6.45) is -0.0190. The third kappa shape index (κ3) is 6.91. The lowest BCUT2D eigenvalue weighted by atomic mass is 10.2. The maximum absolute atomic E-state index is 11.9. The Balaban J connectivity index is 1.68. The van der Waals surface area contributed by atoms with Crippen molar-refractivity contribution in [2.75, 3.05) is 25.0 Å². The molecule has 1 heterocycles. The zero-order chi connectivity index (χ0) is 21.4. The molecule has 1 aliphatic heterocycles. The molecule has 4 amide bonds. The van der Waals surface area contributed by atoms with Crippen molar-refractivity contribution in [1.29, 1.82) is 0 Å². The largest absolute Gasteiger partial charge is 0.459 e. The van der Waals surface area contributed by atoms with Crippen LogP contribution in [-0.4, -0.2) is 60.5 Å². The van der Waals surface area contributed by atoms with Crippen LogP contribution in [0.5, 0.6) is 0 Å². The molecule has 2 N–H and O–H groups in total. The van der Waals surface area contributed by atoms with Gasteiger partial charge in [0.2, 0.25) is 5.91 Å². The second-order valence-corrected chi connectivity index (χ2v) is 6.55. The highest BCUT2D eigenvalue weighted by Gasteiger charge is 2.27. The van der Waals surface area contributed by atoms with E-state index in [2.05, 4.69) is 10.6 Å². The van der Waals surface area contributed by atoms with Gasteiger partial charge < -0.3 is 20.1 Å². The Bertz CT molecular complexity index is 773. The number of ether oxygens (including phenoxy) is 2. The first-order valence-electron chi connectivity index (χ1n) is 9.11. The third-order valence-electron chi connectivity index (χ3n) is 3.81. The molecule has 0 unspecified atom stereocenters. The van der Waals surface area contributed by atoms with E-state index in [-0.39, 0.29) is 37.9 Å². The summed E-state index contributed by atoms with van der Waals surface area (Å²) in [5.74, 6) is -1.95. The first kappa shape index (κ1) is 21.9. The number of hydrogen-bond acceptors (Lipinski definition) is 7. The van der Waals surface area contributed by atoms with Gasteiger partial charge in [0.05, 0.1) is 18.2 Å². The average molecular weight is 405 g/mol. The second-order valence-electron chi connectivity index (χ2n) is 6.55. The van der Waals surface area contributed by atoms with Crippen LogP contribution in [0.25, 0.3) is 0 Å². The van der Waals surface area contributed by atoms with E-state index in [0.717, 1.165) is 4.90 Å². The molecule has 1 fully saturated rings. The van der Waals surface area contributed by atoms with Crippen LogP contribution < -0.4 is 10.6 Å². The topological polar surface area (TPSA) is 131 Å². The normalized spacial score (nSPS) is 13.3. The van der Waals surface area contributed by atoms with Crippen LogP contribution in [-0.2, 0) is 23.9 Å². The number of carbonyl (C=O) groups excluding carboxylic acids is 5. The number of benzene rings is 1. The highest BCUT2D eigenvalue weighted by Crippen LogP contribution is 2.11. The summed E-state index contributed by atoms with van der Waals surface area (Å²) in [7, 11) is 0. The van der Waals surface area contributed by atoms with E-state index in [9.17, 15) is 24.0 Å². The van der Waals surface area contributed by atoms with Crippen LogP contribution in [0, 0.1) is 0 Å². The second kappa shape index (κ2) is 10.2. The number of amides is 4. The number of urea groups is 1. The number of hydrogen-bond donors (Lipinski definition) is 2. The minimum Gasteiger partial charge on any atom is -0.459 e. The zero-order valence-corrected chi connectivity index (χ0v) is 16.2. The molecule has 10 nitrogen and oxygen atoms in total. The molecule has 0 atom stereocenters. The number of nitrogens with zero attached hydrogens (tertiary/aromatic N) is 1. The fourth-order valence-electron chi connectivity index (χ4n) is 2.45. The number of anilines is 1. The molecule has 1 aromatic carbocycles. The van der Waals surface area contributed by atoms with E-state index in [1.807, 2.05) is 0 Å². The molecule has 10 heteroatoms. The Kier molecular flexibility index (Phi) is 7.70. The number of esters is 2. The van der Waals surface area contributed by atoms with E-state index >= 15 is 0 Å². The summed E-state index contributed by atoms with van der Waals surface area (Å²) >= 11 is 0. The lowest BCUT2D eigenvalue weighted by molar-refractivity contribution is -0.147. The fraction of sp³-hybridized carbons (Fsp3) is 0.421. The van der Waals surface area contributed by atoms with Crippen molar-refractivity contribution in [2.24, 2.45) is 0 Å². The summed E-state index contributed by atoms with van der Waals surface area (Å²) in [6, 6.07) is 5.62. The smallest absolute Gasteiger partial charge is 0.338 e. The van der Waals surface area contributed by atoms with E-state index in [0.29, 0.717) is 11.3 Å². The Morgan fingerprint density at radius 2 is 1.86 bits per heavy atom. The maximum atomic E-state index is 11.9. The standard InChI is InChI=1S/C19H23N3O7/c1-12(2)29-18(26)13-5-7-14(8-6-13)21-15(23)11-28-17(25)4-3-9-22-16(24)10-20-19(22)27/h5-8,12H,3-4,9-11H2,1-2H3,(H,20,27)(H,21,23). The Morgan fingerprint density at radius 3 is 2.45 bits per heavy atom. The van der Waals surface area contributed by atoms with Crippen molar-refractivity contribution in [2.45, 2.75) is 32.8 Å². The first-order valence-corrected chi connectivity index (χ1v) is 9.11. The van der Waals surface area contributed by atoms with Gasteiger partial charge in [-0.3, -0.25) is 19.3 Å². The van der Waals surface area contributed by atoms with Gasteiger partial charge in [-0.2, -0.15) is 0 Å². The molecule has 0 aliphatic carbocycles. The summed E-state index contributed by atoms with van der Waals surface area (Å²) in [6.45, 7) is 3.09. The lowest BCUT2D eigenvalue weighted by Crippen LogP contribution is -2.32. The van der Waals surface area contributed by atoms with Crippen molar-refractivity contribution in [1.82, 2.24) is 10.2 Å². The molecule has 1 aromatic rings. The number of rotatable bonds is 9. The average Bonchev–Trinajstić information content (AvgIpc) is 2.98. The van der Waals surface area contributed by atoms with E-state index in [1.54, 1.807) is 13.8 Å². The van der Waals surface area contributed by atoms with Gasteiger partial charge in [-0.05, 0) is 44.5 Å². The number of carbonyl (C=O) groups is 5. The molecule has 0 saturated carbocycles. The Hall–Kier alpha value is -3.43. The Labute approximate surface area is 167 Å². The summed E-state index contributed by atoms with van der Waals surface area (Å²) < 4.78 is 9.94. The number of imide groups is 1. The molecule has 1 saturated heterocycles. The van der Waals surface area contributed by atoms with Crippen molar-refractivity contribution >= 4 is 35.5 Å². The molecule has 1 aliphatic rings. The third-order valence-corrected chi connectivity index (χ3v) is 3.81. The summed E-state index contributed by atoms with van der Waals surface area (Å²) in [5, 5.41) is 4.92. The molecule has 156 valence electrons. The van der Waals surface area contributed by atoms with Gasteiger partial charge in [0, 0.05) is 18.7 Å². The highest BCUT2D eigenvalue weighted by atomic mass is 16.5. The maximum Gasteiger partial charge on any atom is 0.338 e. The van der Waals surface area contributed by atoms with Gasteiger partial charge in [-0.15, -0.1) is 0 Å². The van der Waals surface area contributed by atoms with Crippen molar-refractivity contribution in [3.8, 4) is 0 Å². The van der Waals surface area contributed by atoms with Gasteiger partial charge in [0.1, 0.15) is 0 Å². The van der Waals surface area contributed by atoms with Crippen molar-refractivity contribution in [3.05, 3.63) is 29.8 Å². The minimum atomic E-state index is -0.612. The van der Waals surface area contributed by atoms with Crippen LogP contribution in [0.15, 0.2) is 24.3 Å². The van der Waals surface area contributed by atoms with E-state index in [1.165, 1.54) is 24.3 Å². The van der Waals surface area contributed by atoms with Crippen LogP contribution in [0.1, 0.15) is 37.0 Å². The molecule has 2 rings (SSSR count). The fourth-order valence-corrected chi connectivity index (χ4v) is 2.45. The molecular formula is C19H23N3O7.